The maximum atomic E-state index is 12.8. The zero-order valence-electron chi connectivity index (χ0n) is 14.5. The van der Waals surface area contributed by atoms with Crippen molar-refractivity contribution < 1.29 is 9.72 Å². The summed E-state index contributed by atoms with van der Waals surface area (Å²) in [6, 6.07) is 19.3. The summed E-state index contributed by atoms with van der Waals surface area (Å²) in [5.74, 6) is -0.334. The van der Waals surface area contributed by atoms with Crippen molar-refractivity contribution in [3.05, 3.63) is 111 Å². The molecule has 0 aliphatic rings. The molecule has 0 saturated carbocycles. The molecule has 1 aromatic heterocycles. The van der Waals surface area contributed by atoms with Gasteiger partial charge in [-0.1, -0.05) is 42.5 Å². The van der Waals surface area contributed by atoms with Crippen molar-refractivity contribution in [3.8, 4) is 5.69 Å². The summed E-state index contributed by atoms with van der Waals surface area (Å²) in [6.07, 6.45) is 1.26. The summed E-state index contributed by atoms with van der Waals surface area (Å²) in [5.41, 5.74) is 0.384. The maximum Gasteiger partial charge on any atom is 0.294 e. The molecule has 3 aromatic carbocycles. The molecule has 4 rings (SSSR count). The normalized spacial score (nSPS) is 10.7. The van der Waals surface area contributed by atoms with Gasteiger partial charge in [0.05, 0.1) is 15.8 Å². The molecule has 28 heavy (non-hydrogen) atoms. The molecule has 0 radical (unpaired) electrons. The van der Waals surface area contributed by atoms with E-state index in [1.807, 2.05) is 0 Å². The third-order valence-corrected chi connectivity index (χ3v) is 4.40. The monoisotopic (exact) mass is 371 g/mol. The Hall–Kier alpha value is -4.13. The second kappa shape index (κ2) is 6.88. The summed E-state index contributed by atoms with van der Waals surface area (Å²) >= 11 is 0. The standard InChI is InChI=1S/C21H13N3O4/c25-20(14-6-2-1-3-7-14)15-10-11-18(19(12-15)24(27)28)23-13-22-17-9-5-4-8-16(17)21(23)26/h1-13H. The molecule has 7 nitrogen and oxygen atoms in total. The maximum absolute atomic E-state index is 12.8. The van der Waals surface area contributed by atoms with E-state index >= 15 is 0 Å². The molecule has 0 aliphatic carbocycles. The molecular formula is C21H13N3O4. The number of fused-ring (bicyclic) bond motifs is 1. The number of carbonyl (C=O) groups excluding carboxylic acids is 1. The predicted octanol–water partition coefficient (Wildman–Crippen LogP) is 3.52. The summed E-state index contributed by atoms with van der Waals surface area (Å²) in [5, 5.41) is 12.0. The molecule has 0 saturated heterocycles. The van der Waals surface area contributed by atoms with Gasteiger partial charge in [0.25, 0.3) is 11.2 Å². The number of nitro groups is 1. The Balaban J connectivity index is 1.87. The summed E-state index contributed by atoms with van der Waals surface area (Å²) < 4.78 is 1.12. The van der Waals surface area contributed by atoms with Gasteiger partial charge in [-0.2, -0.15) is 0 Å². The van der Waals surface area contributed by atoms with Crippen molar-refractivity contribution >= 4 is 22.4 Å². The van der Waals surface area contributed by atoms with Gasteiger partial charge < -0.3 is 0 Å². The van der Waals surface area contributed by atoms with Gasteiger partial charge in [0.2, 0.25) is 0 Å². The van der Waals surface area contributed by atoms with E-state index in [1.165, 1.54) is 24.5 Å². The van der Waals surface area contributed by atoms with Crippen LogP contribution in [0.5, 0.6) is 0 Å². The van der Waals surface area contributed by atoms with E-state index in [1.54, 1.807) is 54.6 Å². The van der Waals surface area contributed by atoms with Crippen molar-refractivity contribution in [3.63, 3.8) is 0 Å². The third-order valence-electron chi connectivity index (χ3n) is 4.40. The summed E-state index contributed by atoms with van der Waals surface area (Å²) in [4.78, 5) is 40.6. The Morgan fingerprint density at radius 1 is 0.929 bits per heavy atom. The first-order valence-corrected chi connectivity index (χ1v) is 8.41. The van der Waals surface area contributed by atoms with Gasteiger partial charge in [-0.3, -0.25) is 24.3 Å². The molecule has 4 aromatic rings. The van der Waals surface area contributed by atoms with E-state index in [2.05, 4.69) is 4.98 Å². The highest BCUT2D eigenvalue weighted by Gasteiger charge is 2.21. The van der Waals surface area contributed by atoms with E-state index in [0.29, 0.717) is 16.5 Å². The molecule has 0 N–H and O–H groups in total. The van der Waals surface area contributed by atoms with Crippen molar-refractivity contribution in [1.82, 2.24) is 9.55 Å². The van der Waals surface area contributed by atoms with Crippen LogP contribution in [0.15, 0.2) is 83.9 Å². The Bertz CT molecular complexity index is 1280. The van der Waals surface area contributed by atoms with Crippen LogP contribution in [0.1, 0.15) is 15.9 Å². The van der Waals surface area contributed by atoms with Gasteiger partial charge in [0.15, 0.2) is 5.78 Å². The van der Waals surface area contributed by atoms with E-state index in [9.17, 15) is 19.7 Å². The van der Waals surface area contributed by atoms with Gasteiger partial charge in [-0.15, -0.1) is 0 Å². The van der Waals surface area contributed by atoms with E-state index in [4.69, 9.17) is 0 Å². The number of benzene rings is 3. The third kappa shape index (κ3) is 2.95. The number of carbonyl (C=O) groups is 1. The number of nitro benzene ring substituents is 1. The van der Waals surface area contributed by atoms with E-state index in [-0.39, 0.29) is 22.7 Å². The average molecular weight is 371 g/mol. The lowest BCUT2D eigenvalue weighted by Gasteiger charge is -2.09. The highest BCUT2D eigenvalue weighted by Crippen LogP contribution is 2.25. The number of rotatable bonds is 4. The summed E-state index contributed by atoms with van der Waals surface area (Å²) in [6.45, 7) is 0. The minimum absolute atomic E-state index is 0.0536. The van der Waals surface area contributed by atoms with Gasteiger partial charge in [0.1, 0.15) is 12.0 Å². The van der Waals surface area contributed by atoms with Crippen LogP contribution in [0.3, 0.4) is 0 Å². The van der Waals surface area contributed by atoms with Gasteiger partial charge >= 0.3 is 0 Å². The van der Waals surface area contributed by atoms with Crippen LogP contribution in [0.25, 0.3) is 16.6 Å². The highest BCUT2D eigenvalue weighted by molar-refractivity contribution is 6.09. The average Bonchev–Trinajstić information content (AvgIpc) is 2.74. The van der Waals surface area contributed by atoms with Crippen molar-refractivity contribution in [2.75, 3.05) is 0 Å². The lowest BCUT2D eigenvalue weighted by Crippen LogP contribution is -2.20. The molecule has 0 atom stereocenters. The molecular weight excluding hydrogens is 358 g/mol. The molecule has 0 unspecified atom stereocenters. The highest BCUT2D eigenvalue weighted by atomic mass is 16.6. The Kier molecular flexibility index (Phi) is 4.25. The fraction of sp³-hybridized carbons (Fsp3) is 0. The fourth-order valence-electron chi connectivity index (χ4n) is 3.01. The number of ketones is 1. The number of hydrogen-bond acceptors (Lipinski definition) is 5. The van der Waals surface area contributed by atoms with Crippen LogP contribution in [-0.4, -0.2) is 20.3 Å². The molecule has 0 spiro atoms. The second-order valence-electron chi connectivity index (χ2n) is 6.09. The lowest BCUT2D eigenvalue weighted by molar-refractivity contribution is -0.384. The number of para-hydroxylation sites is 1. The topological polar surface area (TPSA) is 95.1 Å². The number of hydrogen-bond donors (Lipinski definition) is 0. The van der Waals surface area contributed by atoms with Gasteiger partial charge in [0, 0.05) is 17.2 Å². The molecule has 1 heterocycles. The van der Waals surface area contributed by atoms with Gasteiger partial charge in [-0.05, 0) is 24.3 Å². The minimum Gasteiger partial charge on any atom is -0.289 e. The zero-order chi connectivity index (χ0) is 19.7. The molecule has 0 amide bonds. The molecule has 0 fully saturated rings. The van der Waals surface area contributed by atoms with E-state index in [0.717, 1.165) is 4.57 Å². The minimum atomic E-state index is -0.612. The predicted molar refractivity (Wildman–Crippen MR) is 104 cm³/mol. The second-order valence-corrected chi connectivity index (χ2v) is 6.09. The number of aromatic nitrogens is 2. The van der Waals surface area contributed by atoms with Crippen LogP contribution in [0.4, 0.5) is 5.69 Å². The van der Waals surface area contributed by atoms with Crippen LogP contribution >= 0.6 is 0 Å². The zero-order valence-corrected chi connectivity index (χ0v) is 14.5. The first-order chi connectivity index (χ1) is 13.6. The van der Waals surface area contributed by atoms with Crippen LogP contribution in [0, 0.1) is 10.1 Å². The SMILES string of the molecule is O=C(c1ccccc1)c1ccc(-n2cnc3ccccc3c2=O)c([N+](=O)[O-])c1. The Labute approximate surface area is 158 Å². The van der Waals surface area contributed by atoms with Crippen LogP contribution in [0.2, 0.25) is 0 Å². The van der Waals surface area contributed by atoms with Crippen molar-refractivity contribution in [2.45, 2.75) is 0 Å². The molecule has 0 bridgehead atoms. The Morgan fingerprint density at radius 2 is 1.64 bits per heavy atom. The van der Waals surface area contributed by atoms with E-state index < -0.39 is 10.5 Å². The smallest absolute Gasteiger partial charge is 0.289 e. The Morgan fingerprint density at radius 3 is 2.39 bits per heavy atom. The quantitative estimate of drug-likeness (QED) is 0.311. The largest absolute Gasteiger partial charge is 0.294 e. The fourth-order valence-corrected chi connectivity index (χ4v) is 3.01. The first kappa shape index (κ1) is 17.3. The van der Waals surface area contributed by atoms with Crippen molar-refractivity contribution in [2.24, 2.45) is 0 Å². The first-order valence-electron chi connectivity index (χ1n) is 8.41. The van der Waals surface area contributed by atoms with Crippen LogP contribution in [-0.2, 0) is 0 Å². The lowest BCUT2D eigenvalue weighted by atomic mass is 10.0. The molecule has 0 aliphatic heterocycles. The number of nitrogens with zero attached hydrogens (tertiary/aromatic N) is 3. The summed E-state index contributed by atoms with van der Waals surface area (Å²) in [7, 11) is 0. The molecule has 7 heteroatoms. The van der Waals surface area contributed by atoms with Crippen LogP contribution < -0.4 is 5.56 Å². The molecule has 136 valence electrons. The van der Waals surface area contributed by atoms with Gasteiger partial charge in [-0.25, -0.2) is 4.98 Å². The van der Waals surface area contributed by atoms with Crippen molar-refractivity contribution in [1.29, 1.82) is 0 Å².